The summed E-state index contributed by atoms with van der Waals surface area (Å²) in [6, 6.07) is -4.16. The lowest BCUT2D eigenvalue weighted by atomic mass is 9.96. The molecule has 0 radical (unpaired) electrons. The van der Waals surface area contributed by atoms with Gasteiger partial charge in [0.2, 0.25) is 17.7 Å². The normalized spacial score (nSPS) is 14.8. The fraction of sp³-hybridized carbons (Fsp3) is 0.667. The molecule has 1 aromatic heterocycles. The third kappa shape index (κ3) is 12.6. The maximum Gasteiger partial charge on any atom is 0.326 e. The minimum absolute atomic E-state index is 0.0739. The number of amides is 3. The summed E-state index contributed by atoms with van der Waals surface area (Å²) in [5.41, 5.74) is 22.7. The molecule has 13 N–H and O–H groups in total. The SMILES string of the molecule is CCC(C)C(NC(=O)C(Cc1cnc[nH]1)NC(=O)C(N)CCCCN)C(=O)NC(CCCN=C(N)N)C(=O)O. The lowest BCUT2D eigenvalue weighted by Gasteiger charge is -2.28. The zero-order chi connectivity index (χ0) is 29.4. The van der Waals surface area contributed by atoms with Crippen LogP contribution in [0.1, 0.15) is 58.1 Å². The molecular formula is C24H44N10O5. The first-order valence-corrected chi connectivity index (χ1v) is 13.1. The standard InChI is InChI=1S/C24H44N10O5/c1-3-14(2)19(22(37)32-17(23(38)39)8-6-10-30-24(27)28)34-21(36)18(11-15-12-29-13-31-15)33-20(35)16(26)7-4-5-9-25/h12-14,16-19H,3-11,25-26H2,1-2H3,(H,29,31)(H,32,37)(H,33,35)(H,34,36)(H,38,39)(H4,27,28,30). The summed E-state index contributed by atoms with van der Waals surface area (Å²) in [4.78, 5) is 61.7. The fourth-order valence-corrected chi connectivity index (χ4v) is 3.72. The number of carbonyl (C=O) groups excluding carboxylic acids is 3. The van der Waals surface area contributed by atoms with Crippen molar-refractivity contribution in [1.29, 1.82) is 0 Å². The first kappa shape index (κ1) is 33.3. The van der Waals surface area contributed by atoms with Gasteiger partial charge in [0.25, 0.3) is 0 Å². The van der Waals surface area contributed by atoms with Gasteiger partial charge in [0.05, 0.1) is 12.4 Å². The zero-order valence-electron chi connectivity index (χ0n) is 22.7. The molecule has 5 atom stereocenters. The first-order chi connectivity index (χ1) is 18.5. The monoisotopic (exact) mass is 552 g/mol. The number of aromatic amines is 1. The van der Waals surface area contributed by atoms with E-state index in [1.165, 1.54) is 12.5 Å². The molecule has 0 saturated heterocycles. The Labute approximate surface area is 228 Å². The number of unbranched alkanes of at least 4 members (excludes halogenated alkanes) is 1. The third-order valence-corrected chi connectivity index (χ3v) is 6.27. The molecule has 0 aliphatic heterocycles. The molecule has 1 rings (SSSR count). The fourth-order valence-electron chi connectivity index (χ4n) is 3.72. The van der Waals surface area contributed by atoms with Gasteiger partial charge in [-0.2, -0.15) is 0 Å². The van der Waals surface area contributed by atoms with Crippen LogP contribution in [0.5, 0.6) is 0 Å². The summed E-state index contributed by atoms with van der Waals surface area (Å²) >= 11 is 0. The van der Waals surface area contributed by atoms with Crippen molar-refractivity contribution >= 4 is 29.7 Å². The smallest absolute Gasteiger partial charge is 0.326 e. The van der Waals surface area contributed by atoms with Crippen molar-refractivity contribution in [3.05, 3.63) is 18.2 Å². The summed E-state index contributed by atoms with van der Waals surface area (Å²) in [5.74, 6) is -3.46. The molecule has 0 aliphatic carbocycles. The number of hydrogen-bond donors (Lipinski definition) is 9. The molecule has 0 saturated carbocycles. The summed E-state index contributed by atoms with van der Waals surface area (Å²) in [5, 5.41) is 17.5. The number of nitrogens with one attached hydrogen (secondary N) is 4. The second-order valence-electron chi connectivity index (χ2n) is 9.45. The maximum absolute atomic E-state index is 13.4. The van der Waals surface area contributed by atoms with Crippen LogP contribution < -0.4 is 38.9 Å². The second-order valence-corrected chi connectivity index (χ2v) is 9.45. The van der Waals surface area contributed by atoms with Crippen molar-refractivity contribution < 1.29 is 24.3 Å². The van der Waals surface area contributed by atoms with Crippen molar-refractivity contribution in [2.24, 2.45) is 33.8 Å². The Morgan fingerprint density at radius 2 is 1.72 bits per heavy atom. The Kier molecular flexibility index (Phi) is 15.1. The van der Waals surface area contributed by atoms with E-state index in [4.69, 9.17) is 22.9 Å². The van der Waals surface area contributed by atoms with Crippen molar-refractivity contribution in [3.8, 4) is 0 Å². The predicted octanol–water partition coefficient (Wildman–Crippen LogP) is -1.95. The average molecular weight is 553 g/mol. The average Bonchev–Trinajstić information content (AvgIpc) is 3.40. The van der Waals surface area contributed by atoms with Gasteiger partial charge in [0, 0.05) is 24.9 Å². The van der Waals surface area contributed by atoms with Crippen LogP contribution in [0.15, 0.2) is 17.5 Å². The molecule has 15 nitrogen and oxygen atoms in total. The molecule has 15 heteroatoms. The van der Waals surface area contributed by atoms with Gasteiger partial charge in [-0.15, -0.1) is 0 Å². The van der Waals surface area contributed by atoms with Crippen molar-refractivity contribution in [3.63, 3.8) is 0 Å². The molecule has 0 spiro atoms. The van der Waals surface area contributed by atoms with Crippen LogP contribution in [0.25, 0.3) is 0 Å². The first-order valence-electron chi connectivity index (χ1n) is 13.1. The molecule has 0 fully saturated rings. The number of nitrogens with zero attached hydrogens (tertiary/aromatic N) is 2. The maximum atomic E-state index is 13.4. The quantitative estimate of drug-likeness (QED) is 0.0519. The Hall–Kier alpha value is -3.72. The molecule has 0 aliphatic rings. The largest absolute Gasteiger partial charge is 0.480 e. The molecular weight excluding hydrogens is 508 g/mol. The van der Waals surface area contributed by atoms with Gasteiger partial charge in [-0.25, -0.2) is 9.78 Å². The summed E-state index contributed by atoms with van der Waals surface area (Å²) in [6.45, 7) is 4.29. The van der Waals surface area contributed by atoms with E-state index in [0.29, 0.717) is 37.9 Å². The number of aliphatic carboxylic acids is 1. The number of hydrogen-bond acceptors (Lipinski definition) is 8. The van der Waals surface area contributed by atoms with E-state index in [0.717, 1.165) is 6.42 Å². The van der Waals surface area contributed by atoms with Crippen LogP contribution >= 0.6 is 0 Å². The lowest BCUT2D eigenvalue weighted by molar-refractivity contribution is -0.143. The molecule has 220 valence electrons. The van der Waals surface area contributed by atoms with Crippen LogP contribution in [-0.4, -0.2) is 82.0 Å². The van der Waals surface area contributed by atoms with E-state index in [1.807, 2.05) is 6.92 Å². The van der Waals surface area contributed by atoms with Crippen LogP contribution in [0.3, 0.4) is 0 Å². The molecule has 1 aromatic rings. The lowest BCUT2D eigenvalue weighted by Crippen LogP contribution is -2.59. The topological polar surface area (TPSA) is 270 Å². The van der Waals surface area contributed by atoms with E-state index >= 15 is 0 Å². The van der Waals surface area contributed by atoms with Crippen LogP contribution in [0.4, 0.5) is 0 Å². The number of imidazole rings is 1. The highest BCUT2D eigenvalue weighted by Gasteiger charge is 2.33. The highest BCUT2D eigenvalue weighted by Crippen LogP contribution is 2.11. The van der Waals surface area contributed by atoms with Gasteiger partial charge >= 0.3 is 5.97 Å². The summed E-state index contributed by atoms with van der Waals surface area (Å²) in [7, 11) is 0. The number of aliphatic imine (C=N–C) groups is 1. The number of aromatic nitrogens is 2. The van der Waals surface area contributed by atoms with Gasteiger partial charge in [0.1, 0.15) is 18.1 Å². The highest BCUT2D eigenvalue weighted by molar-refractivity contribution is 5.94. The van der Waals surface area contributed by atoms with Gasteiger partial charge in [-0.1, -0.05) is 26.7 Å². The Morgan fingerprint density at radius 3 is 2.28 bits per heavy atom. The van der Waals surface area contributed by atoms with Gasteiger partial charge in [-0.3, -0.25) is 19.4 Å². The van der Waals surface area contributed by atoms with Gasteiger partial charge in [-0.05, 0) is 38.1 Å². The predicted molar refractivity (Wildman–Crippen MR) is 146 cm³/mol. The number of H-pyrrole nitrogens is 1. The zero-order valence-corrected chi connectivity index (χ0v) is 22.7. The summed E-state index contributed by atoms with van der Waals surface area (Å²) < 4.78 is 0. The van der Waals surface area contributed by atoms with E-state index in [-0.39, 0.29) is 31.3 Å². The minimum atomic E-state index is -1.23. The third-order valence-electron chi connectivity index (χ3n) is 6.27. The molecule has 1 heterocycles. The van der Waals surface area contributed by atoms with Crippen LogP contribution in [0, 0.1) is 5.92 Å². The van der Waals surface area contributed by atoms with Crippen molar-refractivity contribution in [2.45, 2.75) is 83.0 Å². The van der Waals surface area contributed by atoms with E-state index < -0.39 is 47.9 Å². The molecule has 0 aromatic carbocycles. The molecule has 39 heavy (non-hydrogen) atoms. The Morgan fingerprint density at radius 1 is 1.03 bits per heavy atom. The number of carboxylic acid groups (broad SMARTS) is 1. The van der Waals surface area contributed by atoms with Crippen molar-refractivity contribution in [2.75, 3.05) is 13.1 Å². The number of carboxylic acids is 1. The Balaban J connectivity index is 3.00. The number of carbonyl (C=O) groups is 4. The second kappa shape index (κ2) is 17.7. The van der Waals surface area contributed by atoms with Crippen LogP contribution in [-0.2, 0) is 25.6 Å². The van der Waals surface area contributed by atoms with Gasteiger partial charge < -0.3 is 49.0 Å². The molecule has 0 bridgehead atoms. The van der Waals surface area contributed by atoms with E-state index in [2.05, 4.69) is 30.9 Å². The highest BCUT2D eigenvalue weighted by atomic mass is 16.4. The van der Waals surface area contributed by atoms with Crippen molar-refractivity contribution in [1.82, 2.24) is 25.9 Å². The Bertz CT molecular complexity index is 936. The van der Waals surface area contributed by atoms with Gasteiger partial charge in [0.15, 0.2) is 5.96 Å². The number of guanidine groups is 1. The van der Waals surface area contributed by atoms with E-state index in [9.17, 15) is 24.3 Å². The minimum Gasteiger partial charge on any atom is -0.480 e. The summed E-state index contributed by atoms with van der Waals surface area (Å²) in [6.07, 6.45) is 5.74. The number of rotatable bonds is 19. The van der Waals surface area contributed by atoms with E-state index in [1.54, 1.807) is 6.92 Å². The molecule has 3 amide bonds. The molecule has 5 unspecified atom stereocenters. The number of nitrogens with two attached hydrogens (primary N) is 4. The van der Waals surface area contributed by atoms with Crippen LogP contribution in [0.2, 0.25) is 0 Å².